The molecule has 0 saturated heterocycles. The lowest BCUT2D eigenvalue weighted by molar-refractivity contribution is -0.115. The number of aromatic nitrogens is 4. The van der Waals surface area contributed by atoms with Crippen molar-refractivity contribution < 1.29 is 4.79 Å². The Morgan fingerprint density at radius 1 is 1.32 bits per heavy atom. The standard InChI is InChI=1S/C14H12ClN5OS/c1-9(13(21)17-11-6-5-10(15)8-16-11)22-14-19-18-12-4-2-3-7-20(12)14/h2-9H,1H3,(H,16,17,21)/t9-/m0/s1. The summed E-state index contributed by atoms with van der Waals surface area (Å²) >= 11 is 7.10. The van der Waals surface area contributed by atoms with Gasteiger partial charge in [-0.25, -0.2) is 4.98 Å². The second kappa shape index (κ2) is 6.33. The van der Waals surface area contributed by atoms with E-state index in [1.54, 1.807) is 19.1 Å². The lowest BCUT2D eigenvalue weighted by Gasteiger charge is -2.10. The number of nitrogens with one attached hydrogen (secondary N) is 1. The molecule has 6 nitrogen and oxygen atoms in total. The van der Waals surface area contributed by atoms with E-state index in [9.17, 15) is 4.79 Å². The molecule has 0 radical (unpaired) electrons. The summed E-state index contributed by atoms with van der Waals surface area (Å²) in [7, 11) is 0. The van der Waals surface area contributed by atoms with E-state index < -0.39 is 0 Å². The zero-order valence-electron chi connectivity index (χ0n) is 11.6. The molecule has 0 aliphatic carbocycles. The van der Waals surface area contributed by atoms with Gasteiger partial charge in [0.2, 0.25) is 5.91 Å². The minimum atomic E-state index is -0.343. The van der Waals surface area contributed by atoms with Gasteiger partial charge in [-0.05, 0) is 31.2 Å². The number of fused-ring (bicyclic) bond motifs is 1. The molecule has 0 aliphatic rings. The van der Waals surface area contributed by atoms with Crippen LogP contribution in [0, 0.1) is 0 Å². The second-order valence-electron chi connectivity index (χ2n) is 4.52. The summed E-state index contributed by atoms with van der Waals surface area (Å²) in [6.07, 6.45) is 3.35. The molecule has 3 aromatic heterocycles. The summed E-state index contributed by atoms with van der Waals surface area (Å²) in [5.41, 5.74) is 0.747. The van der Waals surface area contributed by atoms with Crippen LogP contribution >= 0.6 is 23.4 Å². The van der Waals surface area contributed by atoms with Crippen molar-refractivity contribution in [3.63, 3.8) is 0 Å². The summed E-state index contributed by atoms with van der Waals surface area (Å²) in [4.78, 5) is 16.2. The Morgan fingerprint density at radius 2 is 2.18 bits per heavy atom. The highest BCUT2D eigenvalue weighted by Gasteiger charge is 2.18. The van der Waals surface area contributed by atoms with Crippen molar-refractivity contribution in [3.8, 4) is 0 Å². The molecule has 22 heavy (non-hydrogen) atoms. The zero-order valence-corrected chi connectivity index (χ0v) is 13.2. The third-order valence-corrected chi connectivity index (χ3v) is 4.19. The molecule has 3 heterocycles. The van der Waals surface area contributed by atoms with Gasteiger partial charge < -0.3 is 5.32 Å². The predicted octanol–water partition coefficient (Wildman–Crippen LogP) is 2.90. The highest BCUT2D eigenvalue weighted by Crippen LogP contribution is 2.23. The Hall–Kier alpha value is -2.12. The highest BCUT2D eigenvalue weighted by molar-refractivity contribution is 8.00. The van der Waals surface area contributed by atoms with E-state index in [-0.39, 0.29) is 11.2 Å². The summed E-state index contributed by atoms with van der Waals surface area (Å²) < 4.78 is 1.84. The van der Waals surface area contributed by atoms with Crippen LogP contribution < -0.4 is 5.32 Å². The van der Waals surface area contributed by atoms with Crippen molar-refractivity contribution in [3.05, 3.63) is 47.7 Å². The molecule has 0 bridgehead atoms. The average molecular weight is 334 g/mol. The van der Waals surface area contributed by atoms with Gasteiger partial charge in [-0.3, -0.25) is 9.20 Å². The van der Waals surface area contributed by atoms with E-state index in [0.717, 1.165) is 5.65 Å². The molecule has 0 aromatic carbocycles. The number of thioether (sulfide) groups is 1. The molecule has 0 aliphatic heterocycles. The van der Waals surface area contributed by atoms with Crippen LogP contribution in [0.4, 0.5) is 5.82 Å². The fourth-order valence-corrected chi connectivity index (χ4v) is 2.74. The van der Waals surface area contributed by atoms with Crippen molar-refractivity contribution in [1.82, 2.24) is 19.6 Å². The van der Waals surface area contributed by atoms with Crippen molar-refractivity contribution in [2.24, 2.45) is 0 Å². The molecule has 1 N–H and O–H groups in total. The van der Waals surface area contributed by atoms with Crippen LogP contribution in [-0.4, -0.2) is 30.7 Å². The van der Waals surface area contributed by atoms with Gasteiger partial charge in [0.1, 0.15) is 5.82 Å². The zero-order chi connectivity index (χ0) is 15.5. The number of nitrogens with zero attached hydrogens (tertiary/aromatic N) is 4. The van der Waals surface area contributed by atoms with Crippen LogP contribution in [0.15, 0.2) is 47.9 Å². The number of pyridine rings is 2. The Morgan fingerprint density at radius 3 is 2.95 bits per heavy atom. The summed E-state index contributed by atoms with van der Waals surface area (Å²) in [5, 5.41) is 11.7. The van der Waals surface area contributed by atoms with Crippen LogP contribution in [0.1, 0.15) is 6.92 Å². The minimum absolute atomic E-state index is 0.160. The summed E-state index contributed by atoms with van der Waals surface area (Å²) in [6.45, 7) is 1.81. The third-order valence-electron chi connectivity index (χ3n) is 2.91. The number of rotatable bonds is 4. The number of hydrogen-bond donors (Lipinski definition) is 1. The second-order valence-corrected chi connectivity index (χ2v) is 6.27. The largest absolute Gasteiger partial charge is 0.310 e. The van der Waals surface area contributed by atoms with Crippen LogP contribution in [-0.2, 0) is 4.79 Å². The molecule has 1 amide bonds. The smallest absolute Gasteiger partial charge is 0.238 e. The Bertz CT molecular complexity index is 804. The average Bonchev–Trinajstić information content (AvgIpc) is 2.93. The molecule has 0 spiro atoms. The quantitative estimate of drug-likeness (QED) is 0.743. The maximum atomic E-state index is 12.2. The number of hydrogen-bond acceptors (Lipinski definition) is 5. The van der Waals surface area contributed by atoms with Crippen LogP contribution in [0.25, 0.3) is 5.65 Å². The van der Waals surface area contributed by atoms with E-state index in [0.29, 0.717) is 16.0 Å². The lowest BCUT2D eigenvalue weighted by atomic mass is 10.4. The SMILES string of the molecule is C[C@H](Sc1nnc2ccccn12)C(=O)Nc1ccc(Cl)cn1. The first-order chi connectivity index (χ1) is 10.6. The maximum absolute atomic E-state index is 12.2. The Labute approximate surface area is 135 Å². The molecule has 0 fully saturated rings. The highest BCUT2D eigenvalue weighted by atomic mass is 35.5. The Balaban J connectivity index is 1.69. The van der Waals surface area contributed by atoms with E-state index in [2.05, 4.69) is 20.5 Å². The van der Waals surface area contributed by atoms with Crippen LogP contribution in [0.2, 0.25) is 5.02 Å². The van der Waals surface area contributed by atoms with Crippen LogP contribution in [0.3, 0.4) is 0 Å². The maximum Gasteiger partial charge on any atom is 0.238 e. The first kappa shape index (κ1) is 14.8. The van der Waals surface area contributed by atoms with Gasteiger partial charge in [-0.2, -0.15) is 0 Å². The molecule has 3 aromatic rings. The normalized spacial score (nSPS) is 12.3. The van der Waals surface area contributed by atoms with E-state index in [4.69, 9.17) is 11.6 Å². The summed E-state index contributed by atoms with van der Waals surface area (Å²) in [6, 6.07) is 8.97. The van der Waals surface area contributed by atoms with E-state index in [1.165, 1.54) is 18.0 Å². The third kappa shape index (κ3) is 3.20. The number of anilines is 1. The lowest BCUT2D eigenvalue weighted by Crippen LogP contribution is -2.23. The topological polar surface area (TPSA) is 72.2 Å². The van der Waals surface area contributed by atoms with Gasteiger partial charge >= 0.3 is 0 Å². The van der Waals surface area contributed by atoms with Gasteiger partial charge in [-0.15, -0.1) is 10.2 Å². The summed E-state index contributed by atoms with van der Waals surface area (Å²) in [5.74, 6) is 0.306. The van der Waals surface area contributed by atoms with Gasteiger partial charge in [0.05, 0.1) is 10.3 Å². The Kier molecular flexibility index (Phi) is 4.26. The van der Waals surface area contributed by atoms with Gasteiger partial charge in [0.25, 0.3) is 0 Å². The van der Waals surface area contributed by atoms with Gasteiger partial charge in [0.15, 0.2) is 10.8 Å². The first-order valence-corrected chi connectivity index (χ1v) is 7.78. The molecule has 112 valence electrons. The number of carbonyl (C=O) groups excluding carboxylic acids is 1. The minimum Gasteiger partial charge on any atom is -0.310 e. The van der Waals surface area contributed by atoms with Crippen molar-refractivity contribution in [2.45, 2.75) is 17.3 Å². The van der Waals surface area contributed by atoms with Crippen molar-refractivity contribution in [1.29, 1.82) is 0 Å². The van der Waals surface area contributed by atoms with E-state index >= 15 is 0 Å². The van der Waals surface area contributed by atoms with Crippen LogP contribution in [0.5, 0.6) is 0 Å². The van der Waals surface area contributed by atoms with Crippen molar-refractivity contribution in [2.75, 3.05) is 5.32 Å². The molecule has 3 rings (SSSR count). The first-order valence-electron chi connectivity index (χ1n) is 6.52. The molecule has 8 heteroatoms. The molecule has 0 saturated carbocycles. The van der Waals surface area contributed by atoms with Gasteiger partial charge in [0, 0.05) is 12.4 Å². The fourth-order valence-electron chi connectivity index (χ4n) is 1.79. The molecular formula is C14H12ClN5OS. The monoisotopic (exact) mass is 333 g/mol. The number of carbonyl (C=O) groups is 1. The van der Waals surface area contributed by atoms with Crippen molar-refractivity contribution >= 4 is 40.7 Å². The number of amides is 1. The number of halogens is 1. The molecule has 0 unspecified atom stereocenters. The fraction of sp³-hybridized carbons (Fsp3) is 0.143. The van der Waals surface area contributed by atoms with Gasteiger partial charge in [-0.1, -0.05) is 29.4 Å². The predicted molar refractivity (Wildman–Crippen MR) is 86.2 cm³/mol. The molecular weight excluding hydrogens is 322 g/mol. The molecule has 1 atom stereocenters. The van der Waals surface area contributed by atoms with E-state index in [1.807, 2.05) is 28.8 Å².